The molecule has 2 N–H and O–H groups in total. The van der Waals surface area contributed by atoms with E-state index >= 15 is 0 Å². The number of ether oxygens (including phenoxy) is 2. The maximum atomic E-state index is 12.5. The van der Waals surface area contributed by atoms with Gasteiger partial charge < -0.3 is 19.9 Å². The van der Waals surface area contributed by atoms with E-state index in [9.17, 15) is 18.0 Å². The van der Waals surface area contributed by atoms with Crippen LogP contribution in [0.1, 0.15) is 25.3 Å². The van der Waals surface area contributed by atoms with Crippen LogP contribution in [0.3, 0.4) is 0 Å². The van der Waals surface area contributed by atoms with Crippen LogP contribution in [0.2, 0.25) is 0 Å². The molecule has 28 heavy (non-hydrogen) atoms. The third-order valence-electron chi connectivity index (χ3n) is 4.23. The minimum Gasteiger partial charge on any atom is -0.494 e. The van der Waals surface area contributed by atoms with Crippen LogP contribution >= 0.6 is 0 Å². The minimum atomic E-state index is -4.52. The van der Waals surface area contributed by atoms with Gasteiger partial charge in [-0.25, -0.2) is 4.99 Å². The van der Waals surface area contributed by atoms with Crippen molar-refractivity contribution in [2.24, 2.45) is 4.99 Å². The van der Waals surface area contributed by atoms with Gasteiger partial charge in [0.25, 0.3) is 5.91 Å². The first kappa shape index (κ1) is 21.7. The molecule has 2 atom stereocenters. The number of alkyl halides is 3. The van der Waals surface area contributed by atoms with Gasteiger partial charge >= 0.3 is 6.18 Å². The van der Waals surface area contributed by atoms with E-state index in [1.165, 1.54) is 6.08 Å². The summed E-state index contributed by atoms with van der Waals surface area (Å²) in [5.41, 5.74) is -0.950. The summed E-state index contributed by atoms with van der Waals surface area (Å²) in [5, 5.41) is 10.7. The first-order valence-electron chi connectivity index (χ1n) is 8.78. The average Bonchev–Trinajstić information content (AvgIpc) is 2.98. The average molecular weight is 400 g/mol. The number of nitrogens with zero attached hydrogens (tertiary/aromatic N) is 1. The molecule has 0 spiro atoms. The number of aliphatic hydroxyl groups is 1. The topological polar surface area (TPSA) is 80.2 Å². The smallest absolute Gasteiger partial charge is 0.405 e. The predicted molar refractivity (Wildman–Crippen MR) is 97.3 cm³/mol. The van der Waals surface area contributed by atoms with Crippen molar-refractivity contribution in [1.29, 1.82) is 0 Å². The third-order valence-corrected chi connectivity index (χ3v) is 4.23. The van der Waals surface area contributed by atoms with E-state index in [2.05, 4.69) is 11.6 Å². The van der Waals surface area contributed by atoms with E-state index < -0.39 is 30.3 Å². The molecule has 0 bridgehead atoms. The van der Waals surface area contributed by atoms with Gasteiger partial charge in [-0.3, -0.25) is 4.79 Å². The number of halogens is 3. The lowest BCUT2D eigenvalue weighted by molar-refractivity contribution is -0.142. The summed E-state index contributed by atoms with van der Waals surface area (Å²) in [6, 6.07) is 6.72. The summed E-state index contributed by atoms with van der Waals surface area (Å²) in [4.78, 5) is 16.8. The Morgan fingerprint density at radius 3 is 2.68 bits per heavy atom. The molecule has 1 aliphatic heterocycles. The van der Waals surface area contributed by atoms with Gasteiger partial charge in [0.15, 0.2) is 5.54 Å². The highest BCUT2D eigenvalue weighted by atomic mass is 19.4. The molecule has 0 aromatic heterocycles. The van der Waals surface area contributed by atoms with Gasteiger partial charge in [0.2, 0.25) is 5.90 Å². The van der Waals surface area contributed by atoms with E-state index in [4.69, 9.17) is 14.6 Å². The second kappa shape index (κ2) is 9.09. The number of carbonyl (C=O) groups excluding carboxylic acids is 1. The Kier molecular flexibility index (Phi) is 7.06. The van der Waals surface area contributed by atoms with Gasteiger partial charge in [-0.2, -0.15) is 13.2 Å². The molecule has 0 fully saturated rings. The normalized spacial score (nSPS) is 21.6. The van der Waals surface area contributed by atoms with E-state index in [0.717, 1.165) is 0 Å². The lowest BCUT2D eigenvalue weighted by atomic mass is 9.89. The summed E-state index contributed by atoms with van der Waals surface area (Å²) >= 11 is 0. The standard InChI is InChI=1S/C19H23F3N2O4/c1-3-9-18(17(26)23-12-19(20,21)22)13(2)28-16(24-18)14-5-7-15(8-6-14)27-11-4-10-25/h3,5-8,13,25H,1,4,9-12H2,2H3,(H,23,26)/t13-,18-/m1/s1. The zero-order valence-electron chi connectivity index (χ0n) is 15.5. The van der Waals surface area contributed by atoms with Gasteiger partial charge in [0, 0.05) is 25.0 Å². The zero-order chi connectivity index (χ0) is 20.8. The Hall–Kier alpha value is -2.55. The molecule has 0 aliphatic carbocycles. The van der Waals surface area contributed by atoms with E-state index in [0.29, 0.717) is 24.3 Å². The molecule has 154 valence electrons. The van der Waals surface area contributed by atoms with Crippen LogP contribution in [0.25, 0.3) is 0 Å². The van der Waals surface area contributed by atoms with Gasteiger partial charge in [0.1, 0.15) is 18.4 Å². The minimum absolute atomic E-state index is 0.0302. The quantitative estimate of drug-likeness (QED) is 0.493. The number of hydrogen-bond acceptors (Lipinski definition) is 5. The number of rotatable bonds is 9. The van der Waals surface area contributed by atoms with Crippen LogP contribution in [-0.2, 0) is 9.53 Å². The van der Waals surface area contributed by atoms with Crippen LogP contribution in [0.5, 0.6) is 5.75 Å². The number of benzene rings is 1. The zero-order valence-corrected chi connectivity index (χ0v) is 15.5. The lowest BCUT2D eigenvalue weighted by Gasteiger charge is -2.27. The molecular formula is C19H23F3N2O4. The lowest BCUT2D eigenvalue weighted by Crippen LogP contribution is -2.52. The van der Waals surface area contributed by atoms with Crippen molar-refractivity contribution < 1.29 is 32.5 Å². The SMILES string of the molecule is C=CC[C@@]1(C(=O)NCC(F)(F)F)N=C(c2ccc(OCCCO)cc2)O[C@@H]1C. The molecule has 1 amide bonds. The molecule has 1 aromatic rings. The van der Waals surface area contributed by atoms with Crippen molar-refractivity contribution in [1.82, 2.24) is 5.32 Å². The van der Waals surface area contributed by atoms with Crippen molar-refractivity contribution >= 4 is 11.8 Å². The molecular weight excluding hydrogens is 377 g/mol. The molecule has 0 saturated carbocycles. The Morgan fingerprint density at radius 1 is 1.43 bits per heavy atom. The monoisotopic (exact) mass is 400 g/mol. The van der Waals surface area contributed by atoms with Crippen LogP contribution < -0.4 is 10.1 Å². The Bertz CT molecular complexity index is 719. The van der Waals surface area contributed by atoms with Crippen molar-refractivity contribution in [3.63, 3.8) is 0 Å². The van der Waals surface area contributed by atoms with Crippen LogP contribution in [0, 0.1) is 0 Å². The third kappa shape index (κ3) is 5.25. The summed E-state index contributed by atoms with van der Waals surface area (Å²) in [6.07, 6.45) is -3.33. The highest BCUT2D eigenvalue weighted by Gasteiger charge is 2.50. The fourth-order valence-electron chi connectivity index (χ4n) is 2.74. The highest BCUT2D eigenvalue weighted by molar-refractivity contribution is 6.00. The second-order valence-corrected chi connectivity index (χ2v) is 6.34. The Morgan fingerprint density at radius 2 is 2.11 bits per heavy atom. The maximum Gasteiger partial charge on any atom is 0.405 e. The van der Waals surface area contributed by atoms with Crippen LogP contribution in [0.4, 0.5) is 13.2 Å². The van der Waals surface area contributed by atoms with Crippen LogP contribution in [-0.4, -0.2) is 54.5 Å². The predicted octanol–water partition coefficient (Wildman–Crippen LogP) is 2.61. The number of hydrogen-bond donors (Lipinski definition) is 2. The largest absolute Gasteiger partial charge is 0.494 e. The van der Waals surface area contributed by atoms with Gasteiger partial charge in [-0.05, 0) is 31.2 Å². The highest BCUT2D eigenvalue weighted by Crippen LogP contribution is 2.33. The summed E-state index contributed by atoms with van der Waals surface area (Å²) in [5.74, 6) is -0.112. The van der Waals surface area contributed by atoms with Gasteiger partial charge in [0.05, 0.1) is 6.61 Å². The molecule has 1 aliphatic rings. The second-order valence-electron chi connectivity index (χ2n) is 6.34. The van der Waals surface area contributed by atoms with E-state index in [1.807, 2.05) is 5.32 Å². The van der Waals surface area contributed by atoms with Crippen molar-refractivity contribution in [2.75, 3.05) is 19.8 Å². The van der Waals surface area contributed by atoms with E-state index in [-0.39, 0.29) is 18.9 Å². The molecule has 2 rings (SSSR count). The van der Waals surface area contributed by atoms with Gasteiger partial charge in [-0.1, -0.05) is 6.08 Å². The van der Waals surface area contributed by atoms with E-state index in [1.54, 1.807) is 31.2 Å². The fraction of sp³-hybridized carbons (Fsp3) is 0.474. The maximum absolute atomic E-state index is 12.5. The molecule has 0 saturated heterocycles. The molecule has 1 aromatic carbocycles. The number of nitrogens with one attached hydrogen (secondary N) is 1. The number of amides is 1. The molecule has 6 nitrogen and oxygen atoms in total. The Balaban J connectivity index is 2.20. The van der Waals surface area contributed by atoms with Crippen molar-refractivity contribution in [3.8, 4) is 5.75 Å². The number of aliphatic imine (C=N–C) groups is 1. The van der Waals surface area contributed by atoms with Crippen LogP contribution in [0.15, 0.2) is 41.9 Å². The van der Waals surface area contributed by atoms with Crippen molar-refractivity contribution in [2.45, 2.75) is 37.6 Å². The molecule has 0 radical (unpaired) electrons. The molecule has 0 unspecified atom stereocenters. The summed E-state index contributed by atoms with van der Waals surface area (Å²) in [6.45, 7) is 4.12. The molecule has 1 heterocycles. The fourth-order valence-corrected chi connectivity index (χ4v) is 2.74. The number of carbonyl (C=O) groups is 1. The first-order chi connectivity index (χ1) is 13.2. The first-order valence-corrected chi connectivity index (χ1v) is 8.78. The Labute approximate surface area is 161 Å². The van der Waals surface area contributed by atoms with Gasteiger partial charge in [-0.15, -0.1) is 6.58 Å². The van der Waals surface area contributed by atoms with Crippen molar-refractivity contribution in [3.05, 3.63) is 42.5 Å². The summed E-state index contributed by atoms with van der Waals surface area (Å²) < 4.78 is 48.6. The summed E-state index contributed by atoms with van der Waals surface area (Å²) in [7, 11) is 0. The molecule has 9 heteroatoms. The number of aliphatic hydroxyl groups excluding tert-OH is 1.